The highest BCUT2D eigenvalue weighted by atomic mass is 32.1. The average molecular weight is 142 g/mol. The Labute approximate surface area is 55.9 Å². The Balaban J connectivity index is 2.70. The quantitative estimate of drug-likeness (QED) is 0.566. The first-order chi connectivity index (χ1) is 4.38. The number of aromatic nitrogens is 1. The van der Waals surface area contributed by atoms with Crippen LogP contribution in [0.2, 0.25) is 0 Å². The summed E-state index contributed by atoms with van der Waals surface area (Å²) in [5, 5.41) is 4.95. The van der Waals surface area contributed by atoms with Gasteiger partial charge in [-0.2, -0.15) is 0 Å². The zero-order valence-electron chi connectivity index (χ0n) is 4.76. The monoisotopic (exact) mass is 142 g/mol. The Bertz CT molecular complexity index is 275. The number of nitrogens with one attached hydrogen (secondary N) is 1. The minimum Gasteiger partial charge on any atom is -0.369 e. The molecule has 1 aliphatic heterocycles. The van der Waals surface area contributed by atoms with Crippen molar-refractivity contribution in [3.05, 3.63) is 15.0 Å². The van der Waals surface area contributed by atoms with Gasteiger partial charge in [0.05, 0.1) is 0 Å². The van der Waals surface area contributed by atoms with Crippen molar-refractivity contribution >= 4 is 17.2 Å². The van der Waals surface area contributed by atoms with Crippen molar-refractivity contribution < 1.29 is 0 Å². The number of anilines is 1. The molecule has 1 aliphatic rings. The molecule has 0 saturated heterocycles. The van der Waals surface area contributed by atoms with Crippen molar-refractivity contribution in [2.24, 2.45) is 0 Å². The minimum absolute atomic E-state index is 0.148. The van der Waals surface area contributed by atoms with Crippen molar-refractivity contribution in [2.75, 3.05) is 11.9 Å². The lowest BCUT2D eigenvalue weighted by Gasteiger charge is -1.86. The number of nitrogens with zero attached hydrogens (tertiary/aromatic N) is 1. The molecule has 0 fully saturated rings. The van der Waals surface area contributed by atoms with Crippen LogP contribution < -0.4 is 10.2 Å². The van der Waals surface area contributed by atoms with Crippen molar-refractivity contribution in [2.45, 2.75) is 6.54 Å². The van der Waals surface area contributed by atoms with Crippen LogP contribution in [0.3, 0.4) is 0 Å². The Kier molecular flexibility index (Phi) is 0.900. The second-order valence-corrected chi connectivity index (χ2v) is 2.79. The molecule has 0 unspecified atom stereocenters. The molecule has 0 saturated carbocycles. The molecule has 9 heavy (non-hydrogen) atoms. The van der Waals surface area contributed by atoms with Crippen LogP contribution in [0.5, 0.6) is 0 Å². The van der Waals surface area contributed by atoms with E-state index in [1.807, 2.05) is 5.38 Å². The summed E-state index contributed by atoms with van der Waals surface area (Å²) in [7, 11) is 0. The first-order valence-corrected chi connectivity index (χ1v) is 3.68. The highest BCUT2D eigenvalue weighted by Crippen LogP contribution is 2.12. The van der Waals surface area contributed by atoms with Crippen molar-refractivity contribution in [3.8, 4) is 0 Å². The van der Waals surface area contributed by atoms with E-state index in [1.54, 1.807) is 4.57 Å². The summed E-state index contributed by atoms with van der Waals surface area (Å²) in [5.41, 5.74) is 0. The maximum atomic E-state index is 10.9. The normalized spacial score (nSPS) is 15.1. The number of thiazole rings is 1. The minimum atomic E-state index is 0.148. The maximum Gasteiger partial charge on any atom is 0.308 e. The molecule has 0 amide bonds. The fourth-order valence-electron chi connectivity index (χ4n) is 0.976. The lowest BCUT2D eigenvalue weighted by molar-refractivity contribution is 0.792. The summed E-state index contributed by atoms with van der Waals surface area (Å²) >= 11 is 1.25. The van der Waals surface area contributed by atoms with Gasteiger partial charge in [-0.15, -0.1) is 0 Å². The van der Waals surface area contributed by atoms with E-state index >= 15 is 0 Å². The third-order valence-corrected chi connectivity index (χ3v) is 2.19. The third-order valence-electron chi connectivity index (χ3n) is 1.42. The summed E-state index contributed by atoms with van der Waals surface area (Å²) in [5.74, 6) is 0.977. The van der Waals surface area contributed by atoms with Crippen LogP contribution in [0.1, 0.15) is 0 Å². The van der Waals surface area contributed by atoms with Gasteiger partial charge in [0, 0.05) is 18.5 Å². The molecule has 1 N–H and O–H groups in total. The lowest BCUT2D eigenvalue weighted by Crippen LogP contribution is -2.09. The van der Waals surface area contributed by atoms with E-state index in [0.717, 1.165) is 18.9 Å². The Morgan fingerprint density at radius 3 is 3.44 bits per heavy atom. The smallest absolute Gasteiger partial charge is 0.308 e. The highest BCUT2D eigenvalue weighted by Gasteiger charge is 2.10. The molecule has 1 aromatic heterocycles. The van der Waals surface area contributed by atoms with Gasteiger partial charge in [0.2, 0.25) is 0 Å². The second-order valence-electron chi connectivity index (χ2n) is 1.97. The number of hydrogen-bond donors (Lipinski definition) is 1. The molecule has 48 valence electrons. The second kappa shape index (κ2) is 1.60. The van der Waals surface area contributed by atoms with Crippen LogP contribution in [0.15, 0.2) is 10.2 Å². The van der Waals surface area contributed by atoms with Gasteiger partial charge in [0.25, 0.3) is 0 Å². The van der Waals surface area contributed by atoms with Gasteiger partial charge < -0.3 is 5.32 Å². The zero-order chi connectivity index (χ0) is 6.27. The van der Waals surface area contributed by atoms with E-state index in [9.17, 15) is 4.79 Å². The molecule has 2 rings (SSSR count). The zero-order valence-corrected chi connectivity index (χ0v) is 5.57. The number of fused-ring (bicyclic) bond motifs is 1. The first kappa shape index (κ1) is 5.05. The van der Waals surface area contributed by atoms with Crippen molar-refractivity contribution in [3.63, 3.8) is 0 Å². The molecular weight excluding hydrogens is 136 g/mol. The summed E-state index contributed by atoms with van der Waals surface area (Å²) < 4.78 is 1.75. The Hall–Kier alpha value is -0.770. The van der Waals surface area contributed by atoms with Crippen LogP contribution in [-0.4, -0.2) is 11.1 Å². The predicted octanol–water partition coefficient (Wildman–Crippen LogP) is 0.335. The highest BCUT2D eigenvalue weighted by molar-refractivity contribution is 7.07. The molecule has 1 aromatic rings. The summed E-state index contributed by atoms with van der Waals surface area (Å²) in [4.78, 5) is 11.0. The van der Waals surface area contributed by atoms with Crippen LogP contribution in [-0.2, 0) is 6.54 Å². The fourth-order valence-corrected chi connectivity index (χ4v) is 1.72. The van der Waals surface area contributed by atoms with Gasteiger partial charge in [-0.05, 0) is 0 Å². The SMILES string of the molecule is O=c1scc2n1CCN2. The lowest BCUT2D eigenvalue weighted by atomic mass is 10.7. The van der Waals surface area contributed by atoms with Crippen LogP contribution in [0, 0.1) is 0 Å². The fraction of sp³-hybridized carbons (Fsp3) is 0.400. The van der Waals surface area contributed by atoms with E-state index < -0.39 is 0 Å². The molecule has 3 nitrogen and oxygen atoms in total. The molecule has 0 aliphatic carbocycles. The van der Waals surface area contributed by atoms with Gasteiger partial charge in [0.15, 0.2) is 0 Å². The van der Waals surface area contributed by atoms with Gasteiger partial charge in [-0.1, -0.05) is 11.3 Å². The van der Waals surface area contributed by atoms with Gasteiger partial charge in [0.1, 0.15) is 5.82 Å². The molecule has 0 spiro atoms. The molecule has 2 heterocycles. The molecular formula is C5H6N2OS. The van der Waals surface area contributed by atoms with Crippen LogP contribution in [0.4, 0.5) is 5.82 Å². The number of rotatable bonds is 0. The van der Waals surface area contributed by atoms with Crippen LogP contribution in [0.25, 0.3) is 0 Å². The standard InChI is InChI=1S/C5H6N2OS/c8-5-7-2-1-6-4(7)3-9-5/h3,6H,1-2H2. The first-order valence-electron chi connectivity index (χ1n) is 2.80. The maximum absolute atomic E-state index is 10.9. The summed E-state index contributed by atoms with van der Waals surface area (Å²) in [6.45, 7) is 1.73. The van der Waals surface area contributed by atoms with E-state index in [1.165, 1.54) is 11.3 Å². The Morgan fingerprint density at radius 1 is 1.78 bits per heavy atom. The predicted molar refractivity (Wildman–Crippen MR) is 37.1 cm³/mol. The molecule has 0 atom stereocenters. The molecule has 0 aromatic carbocycles. The van der Waals surface area contributed by atoms with Gasteiger partial charge >= 0.3 is 4.87 Å². The van der Waals surface area contributed by atoms with Gasteiger partial charge in [-0.25, -0.2) is 0 Å². The van der Waals surface area contributed by atoms with Crippen LogP contribution >= 0.6 is 11.3 Å². The topological polar surface area (TPSA) is 34.0 Å². The molecule has 0 radical (unpaired) electrons. The van der Waals surface area contributed by atoms with E-state index in [4.69, 9.17) is 0 Å². The largest absolute Gasteiger partial charge is 0.369 e. The van der Waals surface area contributed by atoms with E-state index in [2.05, 4.69) is 5.32 Å². The molecule has 4 heteroatoms. The third kappa shape index (κ3) is 0.595. The molecule has 0 bridgehead atoms. The summed E-state index contributed by atoms with van der Waals surface area (Å²) in [6, 6.07) is 0. The Morgan fingerprint density at radius 2 is 2.67 bits per heavy atom. The average Bonchev–Trinajstić information content (AvgIpc) is 2.35. The van der Waals surface area contributed by atoms with Crippen molar-refractivity contribution in [1.82, 2.24) is 4.57 Å². The number of hydrogen-bond acceptors (Lipinski definition) is 3. The van der Waals surface area contributed by atoms with E-state index in [0.29, 0.717) is 0 Å². The van der Waals surface area contributed by atoms with E-state index in [-0.39, 0.29) is 4.87 Å². The van der Waals surface area contributed by atoms with Crippen molar-refractivity contribution in [1.29, 1.82) is 0 Å². The summed E-state index contributed by atoms with van der Waals surface area (Å²) in [6.07, 6.45) is 0. The van der Waals surface area contributed by atoms with Gasteiger partial charge in [-0.3, -0.25) is 9.36 Å².